The first-order valence-electron chi connectivity index (χ1n) is 9.50. The van der Waals surface area contributed by atoms with Crippen molar-refractivity contribution in [3.63, 3.8) is 0 Å². The minimum Gasteiger partial charge on any atom is -0.378 e. The van der Waals surface area contributed by atoms with Gasteiger partial charge in [0.05, 0.1) is 13.2 Å². The monoisotopic (exact) mass is 374 g/mol. The number of morpholine rings is 1. The normalized spacial score (nSPS) is 19.9. The zero-order chi connectivity index (χ0) is 18.6. The van der Waals surface area contributed by atoms with Crippen molar-refractivity contribution in [3.8, 4) is 0 Å². The van der Waals surface area contributed by atoms with Crippen LogP contribution in [0.2, 0.25) is 0 Å². The Morgan fingerprint density at radius 2 is 1.59 bits per heavy atom. The number of hydrogen-bond acceptors (Lipinski definition) is 5. The number of halogens is 2. The van der Waals surface area contributed by atoms with E-state index in [1.54, 1.807) is 24.5 Å². The van der Waals surface area contributed by atoms with E-state index in [9.17, 15) is 8.78 Å². The molecule has 2 saturated heterocycles. The maximum Gasteiger partial charge on any atom is 0.134 e. The third-order valence-electron chi connectivity index (χ3n) is 5.45. The number of hydrogen-bond donors (Lipinski definition) is 0. The van der Waals surface area contributed by atoms with E-state index in [-0.39, 0.29) is 11.5 Å². The van der Waals surface area contributed by atoms with Gasteiger partial charge < -0.3 is 14.5 Å². The number of benzene rings is 1. The van der Waals surface area contributed by atoms with Crippen molar-refractivity contribution < 1.29 is 13.5 Å². The highest BCUT2D eigenvalue weighted by Crippen LogP contribution is 2.36. The molecule has 144 valence electrons. The summed E-state index contributed by atoms with van der Waals surface area (Å²) in [6, 6.07) is 8.15. The van der Waals surface area contributed by atoms with Crippen LogP contribution in [-0.4, -0.2) is 49.4 Å². The Morgan fingerprint density at radius 1 is 0.963 bits per heavy atom. The standard InChI is InChI=1S/C20H24F2N4O/c21-17-4-2-1-3-16(17)20(22)15-5-7-25(8-6-15)18-13-19(24-14-23-18)26-9-11-27-12-10-26/h1-4,13-15,20H,5-12H2. The van der Waals surface area contributed by atoms with Gasteiger partial charge in [-0.3, -0.25) is 0 Å². The quantitative estimate of drug-likeness (QED) is 0.821. The Bertz CT molecular complexity index is 761. The lowest BCUT2D eigenvalue weighted by molar-refractivity contribution is 0.122. The van der Waals surface area contributed by atoms with Crippen LogP contribution in [0.1, 0.15) is 24.6 Å². The highest BCUT2D eigenvalue weighted by atomic mass is 19.1. The second kappa shape index (κ2) is 8.17. The predicted octanol–water partition coefficient (Wildman–Crippen LogP) is 3.38. The summed E-state index contributed by atoms with van der Waals surface area (Å²) in [5.41, 5.74) is 0.174. The lowest BCUT2D eigenvalue weighted by Crippen LogP contribution is -2.38. The summed E-state index contributed by atoms with van der Waals surface area (Å²) in [7, 11) is 0. The number of alkyl halides is 1. The molecule has 27 heavy (non-hydrogen) atoms. The summed E-state index contributed by atoms with van der Waals surface area (Å²) in [6.07, 6.45) is 1.67. The van der Waals surface area contributed by atoms with E-state index in [4.69, 9.17) is 4.74 Å². The van der Waals surface area contributed by atoms with Crippen LogP contribution in [0.4, 0.5) is 20.4 Å². The van der Waals surface area contributed by atoms with E-state index >= 15 is 0 Å². The van der Waals surface area contributed by atoms with E-state index in [2.05, 4.69) is 19.8 Å². The third-order valence-corrected chi connectivity index (χ3v) is 5.45. The number of piperidine rings is 1. The molecule has 1 atom stereocenters. The fourth-order valence-corrected chi connectivity index (χ4v) is 3.85. The Balaban J connectivity index is 1.40. The first-order chi connectivity index (χ1) is 13.2. The van der Waals surface area contributed by atoms with Crippen LogP contribution >= 0.6 is 0 Å². The second-order valence-electron chi connectivity index (χ2n) is 7.08. The van der Waals surface area contributed by atoms with Gasteiger partial charge in [0, 0.05) is 37.8 Å². The van der Waals surface area contributed by atoms with Gasteiger partial charge in [-0.1, -0.05) is 18.2 Å². The minimum atomic E-state index is -1.26. The molecule has 2 aromatic rings. The van der Waals surface area contributed by atoms with Gasteiger partial charge in [-0.05, 0) is 24.8 Å². The van der Waals surface area contributed by atoms with Gasteiger partial charge in [0.25, 0.3) is 0 Å². The van der Waals surface area contributed by atoms with Crippen molar-refractivity contribution in [1.29, 1.82) is 0 Å². The van der Waals surface area contributed by atoms with Gasteiger partial charge >= 0.3 is 0 Å². The molecule has 0 spiro atoms. The minimum absolute atomic E-state index is 0.168. The van der Waals surface area contributed by atoms with Gasteiger partial charge in [0.15, 0.2) is 0 Å². The van der Waals surface area contributed by atoms with Crippen molar-refractivity contribution in [2.24, 2.45) is 5.92 Å². The maximum atomic E-state index is 14.8. The summed E-state index contributed by atoms with van der Waals surface area (Å²) in [4.78, 5) is 13.1. The molecule has 4 rings (SSSR count). The molecule has 1 unspecified atom stereocenters. The fourth-order valence-electron chi connectivity index (χ4n) is 3.85. The Kier molecular flexibility index (Phi) is 5.48. The molecule has 0 bridgehead atoms. The molecule has 1 aromatic carbocycles. The summed E-state index contributed by atoms with van der Waals surface area (Å²) >= 11 is 0. The molecule has 0 saturated carbocycles. The third kappa shape index (κ3) is 4.03. The summed E-state index contributed by atoms with van der Waals surface area (Å²) in [6.45, 7) is 4.48. The molecular weight excluding hydrogens is 350 g/mol. The molecular formula is C20H24F2N4O. The van der Waals surface area contributed by atoms with Crippen LogP contribution in [0.15, 0.2) is 36.7 Å². The SMILES string of the molecule is Fc1ccccc1C(F)C1CCN(c2cc(N3CCOCC3)ncn2)CC1. The molecule has 0 radical (unpaired) electrons. The number of aromatic nitrogens is 2. The number of ether oxygens (including phenoxy) is 1. The Labute approximate surface area is 158 Å². The van der Waals surface area contributed by atoms with Crippen molar-refractivity contribution in [2.75, 3.05) is 49.2 Å². The highest BCUT2D eigenvalue weighted by Gasteiger charge is 2.30. The van der Waals surface area contributed by atoms with Gasteiger partial charge in [-0.25, -0.2) is 18.7 Å². The van der Waals surface area contributed by atoms with Crippen LogP contribution in [0.25, 0.3) is 0 Å². The molecule has 7 heteroatoms. The molecule has 2 aliphatic rings. The maximum absolute atomic E-state index is 14.8. The molecule has 0 N–H and O–H groups in total. The summed E-state index contributed by atoms with van der Waals surface area (Å²) in [5, 5.41) is 0. The van der Waals surface area contributed by atoms with Crippen LogP contribution in [0, 0.1) is 11.7 Å². The fraction of sp³-hybridized carbons (Fsp3) is 0.500. The van der Waals surface area contributed by atoms with Crippen LogP contribution < -0.4 is 9.80 Å². The molecule has 0 amide bonds. The van der Waals surface area contributed by atoms with E-state index < -0.39 is 12.0 Å². The van der Waals surface area contributed by atoms with Crippen LogP contribution in [0.5, 0.6) is 0 Å². The smallest absolute Gasteiger partial charge is 0.134 e. The Morgan fingerprint density at radius 3 is 2.26 bits per heavy atom. The number of rotatable bonds is 4. The summed E-state index contributed by atoms with van der Waals surface area (Å²) < 4.78 is 34.1. The topological polar surface area (TPSA) is 41.5 Å². The number of anilines is 2. The van der Waals surface area contributed by atoms with Gasteiger partial charge in [0.2, 0.25) is 0 Å². The lowest BCUT2D eigenvalue weighted by atomic mass is 9.88. The van der Waals surface area contributed by atoms with E-state index in [0.717, 1.165) is 24.7 Å². The highest BCUT2D eigenvalue weighted by molar-refractivity contribution is 5.50. The largest absolute Gasteiger partial charge is 0.378 e. The van der Waals surface area contributed by atoms with Crippen LogP contribution in [-0.2, 0) is 4.74 Å². The zero-order valence-electron chi connectivity index (χ0n) is 15.2. The van der Waals surface area contributed by atoms with Gasteiger partial charge in [-0.2, -0.15) is 0 Å². The van der Waals surface area contributed by atoms with Gasteiger partial charge in [-0.15, -0.1) is 0 Å². The average molecular weight is 374 g/mol. The van der Waals surface area contributed by atoms with E-state index in [1.165, 1.54) is 6.07 Å². The first-order valence-corrected chi connectivity index (χ1v) is 9.50. The molecule has 1 aromatic heterocycles. The molecule has 0 aliphatic carbocycles. The average Bonchev–Trinajstić information content (AvgIpc) is 2.74. The van der Waals surface area contributed by atoms with Crippen LogP contribution in [0.3, 0.4) is 0 Å². The lowest BCUT2D eigenvalue weighted by Gasteiger charge is -2.35. The summed E-state index contributed by atoms with van der Waals surface area (Å²) in [5.74, 6) is 1.14. The van der Waals surface area contributed by atoms with Gasteiger partial charge in [0.1, 0.15) is 30.0 Å². The number of nitrogens with zero attached hydrogens (tertiary/aromatic N) is 4. The Hall–Kier alpha value is -2.28. The van der Waals surface area contributed by atoms with Crippen molar-refractivity contribution in [2.45, 2.75) is 19.0 Å². The van der Waals surface area contributed by atoms with Crippen molar-refractivity contribution in [1.82, 2.24) is 9.97 Å². The van der Waals surface area contributed by atoms with E-state index in [1.807, 2.05) is 6.07 Å². The van der Waals surface area contributed by atoms with Crippen molar-refractivity contribution >= 4 is 11.6 Å². The second-order valence-corrected chi connectivity index (χ2v) is 7.08. The molecule has 3 heterocycles. The predicted molar refractivity (Wildman–Crippen MR) is 100 cm³/mol. The molecule has 2 fully saturated rings. The first kappa shape index (κ1) is 18.1. The van der Waals surface area contributed by atoms with Crippen molar-refractivity contribution in [3.05, 3.63) is 48.0 Å². The molecule has 2 aliphatic heterocycles. The molecule has 5 nitrogen and oxygen atoms in total. The van der Waals surface area contributed by atoms with E-state index in [0.29, 0.717) is 39.1 Å². The zero-order valence-corrected chi connectivity index (χ0v) is 15.2.